The van der Waals surface area contributed by atoms with Crippen molar-refractivity contribution in [1.29, 1.82) is 0 Å². The lowest BCUT2D eigenvalue weighted by Crippen LogP contribution is -2.40. The zero-order valence-corrected chi connectivity index (χ0v) is 9.46. The summed E-state index contributed by atoms with van der Waals surface area (Å²) >= 11 is 3.98. The summed E-state index contributed by atoms with van der Waals surface area (Å²) in [6, 6.07) is 0. The van der Waals surface area contributed by atoms with Gasteiger partial charge in [-0.15, -0.1) is 0 Å². The van der Waals surface area contributed by atoms with Crippen LogP contribution in [0, 0.1) is 5.92 Å². The minimum absolute atomic E-state index is 0.239. The standard InChI is InChI=1S/C9H16O5S/c1-3(2)4(10)5(11)7-8(15)6(12)9(13)14-7/h3-4,6-10,12-13,15H,1-2H3/t4?,6-,7-,8+,9+/m1/s1. The summed E-state index contributed by atoms with van der Waals surface area (Å²) in [7, 11) is 0. The number of carbonyl (C=O) groups is 1. The molecule has 15 heavy (non-hydrogen) atoms. The van der Waals surface area contributed by atoms with Gasteiger partial charge in [-0.05, 0) is 5.92 Å². The van der Waals surface area contributed by atoms with Gasteiger partial charge >= 0.3 is 0 Å². The Labute approximate surface area is 93.5 Å². The molecule has 0 saturated carbocycles. The van der Waals surface area contributed by atoms with Gasteiger partial charge in [0.25, 0.3) is 0 Å². The van der Waals surface area contributed by atoms with E-state index >= 15 is 0 Å². The minimum Gasteiger partial charge on any atom is -0.387 e. The highest BCUT2D eigenvalue weighted by Crippen LogP contribution is 2.26. The molecule has 0 aromatic heterocycles. The summed E-state index contributed by atoms with van der Waals surface area (Å²) in [6.45, 7) is 3.38. The van der Waals surface area contributed by atoms with Crippen molar-refractivity contribution in [1.82, 2.24) is 0 Å². The molecule has 5 atom stereocenters. The molecule has 88 valence electrons. The number of ether oxygens (including phenoxy) is 1. The number of ketones is 1. The topological polar surface area (TPSA) is 87.0 Å². The van der Waals surface area contributed by atoms with E-state index in [2.05, 4.69) is 12.6 Å². The SMILES string of the molecule is CC(C)C(O)C(=O)[C@H]1O[C@H](O)[C@H](O)[C@@H]1S. The van der Waals surface area contributed by atoms with Gasteiger partial charge in [0.15, 0.2) is 12.1 Å². The molecule has 6 heteroatoms. The Kier molecular flexibility index (Phi) is 4.13. The molecule has 5 nitrogen and oxygen atoms in total. The molecule has 0 bridgehead atoms. The highest BCUT2D eigenvalue weighted by atomic mass is 32.1. The second-order valence-corrected chi connectivity index (χ2v) is 4.62. The van der Waals surface area contributed by atoms with Gasteiger partial charge in [0.1, 0.15) is 18.3 Å². The van der Waals surface area contributed by atoms with Gasteiger partial charge in [-0.2, -0.15) is 12.6 Å². The Morgan fingerprint density at radius 2 is 1.93 bits per heavy atom. The number of hydrogen-bond acceptors (Lipinski definition) is 6. The van der Waals surface area contributed by atoms with Gasteiger partial charge in [-0.1, -0.05) is 13.8 Å². The molecule has 0 aliphatic carbocycles. The van der Waals surface area contributed by atoms with Crippen LogP contribution in [0.5, 0.6) is 0 Å². The molecule has 1 saturated heterocycles. The Balaban J connectivity index is 2.70. The van der Waals surface area contributed by atoms with Crippen LogP contribution in [0.25, 0.3) is 0 Å². The first kappa shape index (κ1) is 12.9. The molecule has 0 spiro atoms. The van der Waals surface area contributed by atoms with E-state index in [9.17, 15) is 15.0 Å². The van der Waals surface area contributed by atoms with Crippen molar-refractivity contribution >= 4 is 18.4 Å². The molecule has 0 aromatic carbocycles. The van der Waals surface area contributed by atoms with Gasteiger partial charge in [-0.25, -0.2) is 0 Å². The molecule has 1 aliphatic heterocycles. The molecule has 0 radical (unpaired) electrons. The number of carbonyl (C=O) groups excluding carboxylic acids is 1. The van der Waals surface area contributed by atoms with Gasteiger partial charge in [0.05, 0.1) is 5.25 Å². The van der Waals surface area contributed by atoms with Crippen molar-refractivity contribution in [2.24, 2.45) is 5.92 Å². The lowest BCUT2D eigenvalue weighted by Gasteiger charge is -2.19. The fraction of sp³-hybridized carbons (Fsp3) is 0.889. The molecule has 1 unspecified atom stereocenters. The largest absolute Gasteiger partial charge is 0.387 e. The highest BCUT2D eigenvalue weighted by molar-refractivity contribution is 7.81. The minimum atomic E-state index is -1.42. The van der Waals surface area contributed by atoms with Crippen LogP contribution in [0.3, 0.4) is 0 Å². The van der Waals surface area contributed by atoms with E-state index in [1.54, 1.807) is 13.8 Å². The molecule has 1 heterocycles. The highest BCUT2D eigenvalue weighted by Gasteiger charge is 2.46. The summed E-state index contributed by atoms with van der Waals surface area (Å²) in [5, 5.41) is 27.2. The van der Waals surface area contributed by atoms with E-state index in [4.69, 9.17) is 9.84 Å². The Bertz CT molecular complexity index is 245. The Hall–Kier alpha value is -0.140. The first-order valence-corrected chi connectivity index (χ1v) is 5.29. The van der Waals surface area contributed by atoms with Crippen molar-refractivity contribution in [3.8, 4) is 0 Å². The molecule has 1 aliphatic rings. The fourth-order valence-electron chi connectivity index (χ4n) is 1.39. The maximum Gasteiger partial charge on any atom is 0.191 e. The molecule has 0 aromatic rings. The first-order chi connectivity index (χ1) is 6.86. The fourth-order valence-corrected chi connectivity index (χ4v) is 1.76. The third-order valence-corrected chi connectivity index (χ3v) is 3.02. The van der Waals surface area contributed by atoms with E-state index in [1.807, 2.05) is 0 Å². The van der Waals surface area contributed by atoms with E-state index in [0.717, 1.165) is 0 Å². The summed E-state index contributed by atoms with van der Waals surface area (Å²) in [5.41, 5.74) is 0. The van der Waals surface area contributed by atoms with E-state index < -0.39 is 35.6 Å². The summed E-state index contributed by atoms with van der Waals surface area (Å²) in [6.07, 6.45) is -4.85. The van der Waals surface area contributed by atoms with Crippen LogP contribution < -0.4 is 0 Å². The molecule has 3 N–H and O–H groups in total. The molecular weight excluding hydrogens is 220 g/mol. The average molecular weight is 236 g/mol. The molecule has 1 rings (SSSR count). The molecule has 1 fully saturated rings. The third kappa shape index (κ3) is 2.51. The quantitative estimate of drug-likeness (QED) is 0.470. The van der Waals surface area contributed by atoms with Crippen LogP contribution in [-0.4, -0.2) is 51.0 Å². The van der Waals surface area contributed by atoms with Crippen LogP contribution in [0.1, 0.15) is 13.8 Å². The maximum absolute atomic E-state index is 11.6. The predicted molar refractivity (Wildman–Crippen MR) is 55.5 cm³/mol. The second kappa shape index (κ2) is 4.80. The Morgan fingerprint density at radius 3 is 2.27 bits per heavy atom. The number of rotatable bonds is 3. The van der Waals surface area contributed by atoms with E-state index in [-0.39, 0.29) is 5.92 Å². The monoisotopic (exact) mass is 236 g/mol. The van der Waals surface area contributed by atoms with Crippen molar-refractivity contribution in [2.45, 2.75) is 43.7 Å². The van der Waals surface area contributed by atoms with Crippen LogP contribution in [0.15, 0.2) is 0 Å². The van der Waals surface area contributed by atoms with Gasteiger partial charge in [0.2, 0.25) is 0 Å². The molecular formula is C9H16O5S. The van der Waals surface area contributed by atoms with Gasteiger partial charge in [0, 0.05) is 0 Å². The lowest BCUT2D eigenvalue weighted by molar-refractivity contribution is -0.156. The van der Waals surface area contributed by atoms with Gasteiger partial charge < -0.3 is 20.1 Å². The maximum atomic E-state index is 11.6. The zero-order chi connectivity index (χ0) is 11.7. The van der Waals surface area contributed by atoms with Gasteiger partial charge in [-0.3, -0.25) is 4.79 Å². The van der Waals surface area contributed by atoms with E-state index in [1.165, 1.54) is 0 Å². The van der Waals surface area contributed by atoms with Crippen LogP contribution in [0.2, 0.25) is 0 Å². The number of hydrogen-bond donors (Lipinski definition) is 4. The van der Waals surface area contributed by atoms with Crippen molar-refractivity contribution < 1.29 is 24.9 Å². The van der Waals surface area contributed by atoms with E-state index in [0.29, 0.717) is 0 Å². The number of Topliss-reactive ketones (excluding diaryl/α,β-unsaturated/α-hetero) is 1. The molecule has 0 amide bonds. The second-order valence-electron chi connectivity index (χ2n) is 4.02. The summed E-state index contributed by atoms with van der Waals surface area (Å²) in [5.74, 6) is -0.794. The average Bonchev–Trinajstić information content (AvgIpc) is 2.43. The first-order valence-electron chi connectivity index (χ1n) is 4.77. The van der Waals surface area contributed by atoms with Crippen molar-refractivity contribution in [3.05, 3.63) is 0 Å². The van der Waals surface area contributed by atoms with Crippen LogP contribution in [0.4, 0.5) is 0 Å². The van der Waals surface area contributed by atoms with Crippen molar-refractivity contribution in [2.75, 3.05) is 0 Å². The number of aliphatic hydroxyl groups is 3. The normalized spacial score (nSPS) is 38.3. The van der Waals surface area contributed by atoms with Crippen LogP contribution >= 0.6 is 12.6 Å². The van der Waals surface area contributed by atoms with Crippen LogP contribution in [-0.2, 0) is 9.53 Å². The zero-order valence-electron chi connectivity index (χ0n) is 8.57. The third-order valence-electron chi connectivity index (χ3n) is 2.44. The smallest absolute Gasteiger partial charge is 0.191 e. The van der Waals surface area contributed by atoms with Crippen molar-refractivity contribution in [3.63, 3.8) is 0 Å². The number of thiol groups is 1. The lowest BCUT2D eigenvalue weighted by atomic mass is 9.97. The number of aliphatic hydroxyl groups excluding tert-OH is 3. The summed E-state index contributed by atoms with van der Waals surface area (Å²) in [4.78, 5) is 11.6. The Morgan fingerprint density at radius 1 is 1.40 bits per heavy atom. The summed E-state index contributed by atoms with van der Waals surface area (Å²) < 4.78 is 4.84. The predicted octanol–water partition coefficient (Wildman–Crippen LogP) is -1.05.